The third-order valence-corrected chi connectivity index (χ3v) is 2.21. The normalized spacial score (nSPS) is 9.88. The predicted octanol–water partition coefficient (Wildman–Crippen LogP) is 0.995. The quantitative estimate of drug-likeness (QED) is 0.692. The van der Waals surface area contributed by atoms with E-state index in [9.17, 15) is 9.59 Å². The molecule has 17 heavy (non-hydrogen) atoms. The SMILES string of the molecule is O=C(O)CCCCNC(=O)Cc1ccccn1. The Kier molecular flexibility index (Phi) is 5.71. The van der Waals surface area contributed by atoms with Crippen molar-refractivity contribution in [2.75, 3.05) is 6.54 Å². The first-order valence-corrected chi connectivity index (χ1v) is 5.57. The molecule has 0 aromatic carbocycles. The Morgan fingerprint density at radius 2 is 2.12 bits per heavy atom. The Bertz CT molecular complexity index is 365. The number of carbonyl (C=O) groups excluding carboxylic acids is 1. The average Bonchev–Trinajstić information content (AvgIpc) is 2.29. The number of aliphatic carboxylic acids is 1. The lowest BCUT2D eigenvalue weighted by Gasteiger charge is -2.03. The number of carboxylic acid groups (broad SMARTS) is 1. The van der Waals surface area contributed by atoms with E-state index in [1.54, 1.807) is 18.3 Å². The number of unbranched alkanes of at least 4 members (excludes halogenated alkanes) is 1. The Morgan fingerprint density at radius 3 is 2.76 bits per heavy atom. The van der Waals surface area contributed by atoms with Crippen LogP contribution in [0.1, 0.15) is 25.0 Å². The minimum Gasteiger partial charge on any atom is -0.481 e. The van der Waals surface area contributed by atoms with Crippen molar-refractivity contribution in [3.05, 3.63) is 30.1 Å². The van der Waals surface area contributed by atoms with Crippen molar-refractivity contribution in [1.82, 2.24) is 10.3 Å². The molecular weight excluding hydrogens is 220 g/mol. The van der Waals surface area contributed by atoms with Crippen molar-refractivity contribution in [3.63, 3.8) is 0 Å². The van der Waals surface area contributed by atoms with E-state index in [2.05, 4.69) is 10.3 Å². The van der Waals surface area contributed by atoms with Gasteiger partial charge in [0.1, 0.15) is 0 Å². The van der Waals surface area contributed by atoms with E-state index in [0.29, 0.717) is 19.4 Å². The zero-order valence-electron chi connectivity index (χ0n) is 9.56. The van der Waals surface area contributed by atoms with Crippen molar-refractivity contribution in [1.29, 1.82) is 0 Å². The van der Waals surface area contributed by atoms with Gasteiger partial charge in [0, 0.05) is 24.9 Å². The maximum Gasteiger partial charge on any atom is 0.303 e. The number of carboxylic acids is 1. The van der Waals surface area contributed by atoms with Gasteiger partial charge in [0.25, 0.3) is 0 Å². The summed E-state index contributed by atoms with van der Waals surface area (Å²) in [6.45, 7) is 0.513. The van der Waals surface area contributed by atoms with E-state index in [-0.39, 0.29) is 18.7 Å². The fourth-order valence-electron chi connectivity index (χ4n) is 1.36. The van der Waals surface area contributed by atoms with Crippen LogP contribution in [0.3, 0.4) is 0 Å². The van der Waals surface area contributed by atoms with Gasteiger partial charge in [-0.05, 0) is 25.0 Å². The second kappa shape index (κ2) is 7.38. The number of amides is 1. The molecule has 1 rings (SSSR count). The summed E-state index contributed by atoms with van der Waals surface area (Å²) in [6.07, 6.45) is 3.32. The molecule has 1 aromatic heterocycles. The summed E-state index contributed by atoms with van der Waals surface area (Å²) in [4.78, 5) is 25.7. The zero-order chi connectivity index (χ0) is 12.5. The van der Waals surface area contributed by atoms with Crippen molar-refractivity contribution in [2.24, 2.45) is 0 Å². The van der Waals surface area contributed by atoms with Gasteiger partial charge in [-0.3, -0.25) is 14.6 Å². The van der Waals surface area contributed by atoms with E-state index >= 15 is 0 Å². The van der Waals surface area contributed by atoms with E-state index in [4.69, 9.17) is 5.11 Å². The highest BCUT2D eigenvalue weighted by Gasteiger charge is 2.03. The first-order valence-electron chi connectivity index (χ1n) is 5.57. The molecule has 0 radical (unpaired) electrons. The second-order valence-corrected chi connectivity index (χ2v) is 3.70. The number of nitrogens with zero attached hydrogens (tertiary/aromatic N) is 1. The fraction of sp³-hybridized carbons (Fsp3) is 0.417. The number of carbonyl (C=O) groups is 2. The summed E-state index contributed by atoms with van der Waals surface area (Å²) in [6, 6.07) is 5.43. The van der Waals surface area contributed by atoms with Gasteiger partial charge in [0.15, 0.2) is 0 Å². The van der Waals surface area contributed by atoms with Crippen LogP contribution in [-0.2, 0) is 16.0 Å². The molecule has 0 saturated heterocycles. The van der Waals surface area contributed by atoms with Crippen LogP contribution in [0.2, 0.25) is 0 Å². The van der Waals surface area contributed by atoms with Crippen LogP contribution in [0.5, 0.6) is 0 Å². The van der Waals surface area contributed by atoms with Crippen molar-refractivity contribution in [3.8, 4) is 0 Å². The Morgan fingerprint density at radius 1 is 1.29 bits per heavy atom. The molecule has 0 fully saturated rings. The molecular formula is C12H16N2O3. The number of pyridine rings is 1. The van der Waals surface area contributed by atoms with E-state index in [0.717, 1.165) is 5.69 Å². The van der Waals surface area contributed by atoms with Gasteiger partial charge in [-0.15, -0.1) is 0 Å². The summed E-state index contributed by atoms with van der Waals surface area (Å²) >= 11 is 0. The number of hydrogen-bond donors (Lipinski definition) is 2. The van der Waals surface area contributed by atoms with Gasteiger partial charge in [-0.1, -0.05) is 6.07 Å². The summed E-state index contributed by atoms with van der Waals surface area (Å²) < 4.78 is 0. The third-order valence-electron chi connectivity index (χ3n) is 2.21. The minimum atomic E-state index is -0.801. The lowest BCUT2D eigenvalue weighted by molar-refractivity contribution is -0.137. The molecule has 0 bridgehead atoms. The van der Waals surface area contributed by atoms with Gasteiger partial charge < -0.3 is 10.4 Å². The van der Waals surface area contributed by atoms with E-state index < -0.39 is 5.97 Å². The van der Waals surface area contributed by atoms with Gasteiger partial charge in [0.05, 0.1) is 6.42 Å². The lowest BCUT2D eigenvalue weighted by atomic mass is 10.2. The van der Waals surface area contributed by atoms with Crippen molar-refractivity contribution < 1.29 is 14.7 Å². The molecule has 0 spiro atoms. The monoisotopic (exact) mass is 236 g/mol. The van der Waals surface area contributed by atoms with Crippen molar-refractivity contribution >= 4 is 11.9 Å². The smallest absolute Gasteiger partial charge is 0.303 e. The van der Waals surface area contributed by atoms with Gasteiger partial charge in [-0.2, -0.15) is 0 Å². The first-order chi connectivity index (χ1) is 8.18. The number of rotatable bonds is 7. The molecule has 0 aliphatic rings. The number of aromatic nitrogens is 1. The molecule has 92 valence electrons. The Balaban J connectivity index is 2.12. The summed E-state index contributed by atoms with van der Waals surface area (Å²) in [7, 11) is 0. The summed E-state index contributed by atoms with van der Waals surface area (Å²) in [5, 5.41) is 11.2. The Labute approximate surface area is 99.9 Å². The standard InChI is InChI=1S/C12H16N2O3/c15-11(9-10-5-1-3-7-13-10)14-8-4-2-6-12(16)17/h1,3,5,7H,2,4,6,8-9H2,(H,14,15)(H,16,17). The second-order valence-electron chi connectivity index (χ2n) is 3.70. The van der Waals surface area contributed by atoms with Crippen molar-refractivity contribution in [2.45, 2.75) is 25.7 Å². The summed E-state index contributed by atoms with van der Waals surface area (Å²) in [5.41, 5.74) is 0.732. The fourth-order valence-corrected chi connectivity index (χ4v) is 1.36. The molecule has 1 heterocycles. The molecule has 0 aliphatic heterocycles. The van der Waals surface area contributed by atoms with Crippen LogP contribution in [0.4, 0.5) is 0 Å². The van der Waals surface area contributed by atoms with E-state index in [1.165, 1.54) is 0 Å². The molecule has 0 atom stereocenters. The highest BCUT2D eigenvalue weighted by molar-refractivity contribution is 5.78. The van der Waals surface area contributed by atoms with Crippen LogP contribution in [0.15, 0.2) is 24.4 Å². The topological polar surface area (TPSA) is 79.3 Å². The van der Waals surface area contributed by atoms with Gasteiger partial charge in [0.2, 0.25) is 5.91 Å². The third kappa shape index (κ3) is 6.29. The lowest BCUT2D eigenvalue weighted by Crippen LogP contribution is -2.26. The van der Waals surface area contributed by atoms with Gasteiger partial charge in [-0.25, -0.2) is 0 Å². The average molecular weight is 236 g/mol. The molecule has 0 aliphatic carbocycles. The zero-order valence-corrected chi connectivity index (χ0v) is 9.56. The number of nitrogens with one attached hydrogen (secondary N) is 1. The highest BCUT2D eigenvalue weighted by atomic mass is 16.4. The summed E-state index contributed by atoms with van der Waals surface area (Å²) in [5.74, 6) is -0.885. The number of hydrogen-bond acceptors (Lipinski definition) is 3. The molecule has 2 N–H and O–H groups in total. The van der Waals surface area contributed by atoms with Crippen LogP contribution >= 0.6 is 0 Å². The molecule has 0 saturated carbocycles. The van der Waals surface area contributed by atoms with Crippen LogP contribution < -0.4 is 5.32 Å². The van der Waals surface area contributed by atoms with Crippen LogP contribution in [-0.4, -0.2) is 28.5 Å². The predicted molar refractivity (Wildman–Crippen MR) is 62.4 cm³/mol. The first kappa shape index (κ1) is 13.2. The largest absolute Gasteiger partial charge is 0.481 e. The van der Waals surface area contributed by atoms with E-state index in [1.807, 2.05) is 6.07 Å². The van der Waals surface area contributed by atoms with Gasteiger partial charge >= 0.3 is 5.97 Å². The molecule has 5 heteroatoms. The molecule has 5 nitrogen and oxygen atoms in total. The van der Waals surface area contributed by atoms with Crippen LogP contribution in [0, 0.1) is 0 Å². The molecule has 1 aromatic rings. The molecule has 0 unspecified atom stereocenters. The maximum absolute atomic E-state index is 11.4. The Hall–Kier alpha value is -1.91. The minimum absolute atomic E-state index is 0.0842. The molecule has 1 amide bonds. The maximum atomic E-state index is 11.4. The van der Waals surface area contributed by atoms with Crippen LogP contribution in [0.25, 0.3) is 0 Å². The highest BCUT2D eigenvalue weighted by Crippen LogP contribution is 1.96.